The van der Waals surface area contributed by atoms with E-state index in [4.69, 9.17) is 0 Å². The van der Waals surface area contributed by atoms with Crippen LogP contribution in [-0.4, -0.2) is 0 Å². The Morgan fingerprint density at radius 3 is 0.923 bits per heavy atom. The summed E-state index contributed by atoms with van der Waals surface area (Å²) >= 11 is 0. The molecule has 0 amide bonds. The van der Waals surface area contributed by atoms with Crippen molar-refractivity contribution < 1.29 is 0 Å². The largest absolute Gasteiger partial charge is 0.0622 e. The molecule has 0 aromatic heterocycles. The molecule has 0 N–H and O–H groups in total. The summed E-state index contributed by atoms with van der Waals surface area (Å²) in [7, 11) is 0. The van der Waals surface area contributed by atoms with Crippen LogP contribution in [-0.2, 0) is 0 Å². The van der Waals surface area contributed by atoms with E-state index >= 15 is 0 Å². The Bertz CT molecular complexity index is 6550. The van der Waals surface area contributed by atoms with Gasteiger partial charge in [-0.05, 0) is 242 Å². The van der Waals surface area contributed by atoms with E-state index in [-0.39, 0.29) is 0 Å². The zero-order valence-corrected chi connectivity index (χ0v) is 58.1. The van der Waals surface area contributed by atoms with Gasteiger partial charge in [-0.1, -0.05) is 370 Å². The van der Waals surface area contributed by atoms with Crippen molar-refractivity contribution in [1.29, 1.82) is 0 Å². The summed E-state index contributed by atoms with van der Waals surface area (Å²) in [6.07, 6.45) is 0. The molecule has 0 bridgehead atoms. The number of hydrogen-bond donors (Lipinski definition) is 0. The Morgan fingerprint density at radius 2 is 0.442 bits per heavy atom. The third-order valence-electron chi connectivity index (χ3n) is 21.1. The van der Waals surface area contributed by atoms with Crippen LogP contribution in [0.3, 0.4) is 0 Å². The van der Waals surface area contributed by atoms with Crippen molar-refractivity contribution in [3.8, 4) is 89.0 Å². The molecule has 0 fully saturated rings. The molecule has 0 heterocycles. The second kappa shape index (κ2) is 27.4. The van der Waals surface area contributed by atoms with Crippen LogP contribution in [0.4, 0.5) is 0 Å². The molecule has 104 heavy (non-hydrogen) atoms. The van der Waals surface area contributed by atoms with E-state index in [0.717, 1.165) is 0 Å². The molecule has 0 aliphatic heterocycles. The quantitative estimate of drug-likeness (QED) is 0.105. The van der Waals surface area contributed by atoms with Crippen molar-refractivity contribution in [3.63, 3.8) is 0 Å². The summed E-state index contributed by atoms with van der Waals surface area (Å²) in [4.78, 5) is 0. The van der Waals surface area contributed by atoms with Gasteiger partial charge in [0.05, 0.1) is 0 Å². The number of rotatable bonds is 8. The first-order valence-corrected chi connectivity index (χ1v) is 36.1. The predicted molar refractivity (Wildman–Crippen MR) is 450 cm³/mol. The van der Waals surface area contributed by atoms with Gasteiger partial charge in [-0.2, -0.15) is 0 Å². The molecule has 0 unspecified atom stereocenters. The molecule has 0 aliphatic carbocycles. The van der Waals surface area contributed by atoms with Crippen LogP contribution in [0.5, 0.6) is 0 Å². The van der Waals surface area contributed by atoms with Crippen LogP contribution in [0.25, 0.3) is 186 Å². The van der Waals surface area contributed by atoms with E-state index in [1.807, 2.05) is 0 Å². The van der Waals surface area contributed by atoms with Gasteiger partial charge in [0.2, 0.25) is 0 Å². The zero-order chi connectivity index (χ0) is 69.5. The maximum Gasteiger partial charge on any atom is -0.00262 e. The van der Waals surface area contributed by atoms with Gasteiger partial charge < -0.3 is 0 Å². The lowest BCUT2D eigenvalue weighted by molar-refractivity contribution is 1.51. The lowest BCUT2D eigenvalue weighted by atomic mass is 9.85. The molecule has 20 aromatic rings. The van der Waals surface area contributed by atoms with Gasteiger partial charge in [0.15, 0.2) is 0 Å². The molecule has 0 nitrogen and oxygen atoms in total. The molecular weight excluding hydrogens is 1250 g/mol. The van der Waals surface area contributed by atoms with Crippen LogP contribution < -0.4 is 0 Å². The third kappa shape index (κ3) is 11.8. The second-order valence-electron chi connectivity index (χ2n) is 27.5. The van der Waals surface area contributed by atoms with E-state index in [1.54, 1.807) is 0 Å². The standard InChI is InChI=1S/C44H28.C31H22.C29H22/c1-2-12-29(13-3-1)43-38-18-8-10-20-40(38)44(41-21-11-9-19-39(41)43)34-25-23-30-26-33(24-22-31(30)27-34)42-28-32-14-4-5-15-35(32)36-16-6-7-17-37(36)42;1-21-15-16-24-20-25(18-17-23(24)19-21)31-28-13-7-5-11-26(28)30(22-9-3-2-4-10-22)27-12-6-8-14-29(27)31;1-21-17-18-28(29-16-6-5-15-27(21)29)26-14-8-13-25(20-26)24-12-7-11-23(19-24)22-9-3-2-4-10-22/h1-28H;2-20H,1H3;2-20H,1H3. The van der Waals surface area contributed by atoms with Crippen LogP contribution in [0, 0.1) is 13.8 Å². The summed E-state index contributed by atoms with van der Waals surface area (Å²) in [5.41, 5.74) is 22.9. The first kappa shape index (κ1) is 63.0. The van der Waals surface area contributed by atoms with Gasteiger partial charge in [0.1, 0.15) is 0 Å². The van der Waals surface area contributed by atoms with Crippen molar-refractivity contribution in [1.82, 2.24) is 0 Å². The summed E-state index contributed by atoms with van der Waals surface area (Å²) in [5, 5.41) is 23.2. The van der Waals surface area contributed by atoms with Gasteiger partial charge in [0, 0.05) is 0 Å². The molecule has 0 saturated heterocycles. The van der Waals surface area contributed by atoms with Gasteiger partial charge in [-0.3, -0.25) is 0 Å². The van der Waals surface area contributed by atoms with Gasteiger partial charge in [-0.15, -0.1) is 0 Å². The first-order chi connectivity index (χ1) is 51.4. The van der Waals surface area contributed by atoms with Crippen LogP contribution in [0.1, 0.15) is 11.1 Å². The van der Waals surface area contributed by atoms with E-state index in [1.165, 1.54) is 197 Å². The molecule has 20 rings (SSSR count). The lowest BCUT2D eigenvalue weighted by Gasteiger charge is -2.18. The Kier molecular flexibility index (Phi) is 16.6. The average molecular weight is 1320 g/mol. The van der Waals surface area contributed by atoms with E-state index in [9.17, 15) is 0 Å². The summed E-state index contributed by atoms with van der Waals surface area (Å²) in [5.74, 6) is 0. The maximum absolute atomic E-state index is 2.37. The summed E-state index contributed by atoms with van der Waals surface area (Å²) in [6.45, 7) is 4.33. The van der Waals surface area contributed by atoms with Crippen molar-refractivity contribution in [2.45, 2.75) is 13.8 Å². The Labute approximate surface area is 607 Å². The number of aryl methyl sites for hydroxylation is 2. The average Bonchev–Trinajstić information content (AvgIpc) is 0.742. The predicted octanol–water partition coefficient (Wildman–Crippen LogP) is 29.4. The van der Waals surface area contributed by atoms with Crippen LogP contribution >= 0.6 is 0 Å². The number of hydrogen-bond acceptors (Lipinski definition) is 0. The highest BCUT2D eigenvalue weighted by molar-refractivity contribution is 6.24. The summed E-state index contributed by atoms with van der Waals surface area (Å²) in [6, 6.07) is 146. The second-order valence-corrected chi connectivity index (χ2v) is 27.5. The molecule has 0 radical (unpaired) electrons. The number of fused-ring (bicyclic) bond motifs is 10. The maximum atomic E-state index is 2.37. The fraction of sp³-hybridized carbons (Fsp3) is 0.0192. The van der Waals surface area contributed by atoms with Crippen molar-refractivity contribution in [2.24, 2.45) is 0 Å². The van der Waals surface area contributed by atoms with Crippen molar-refractivity contribution in [3.05, 3.63) is 412 Å². The van der Waals surface area contributed by atoms with Crippen LogP contribution in [0.15, 0.2) is 400 Å². The van der Waals surface area contributed by atoms with E-state index in [2.05, 4.69) is 414 Å². The van der Waals surface area contributed by atoms with Gasteiger partial charge in [-0.25, -0.2) is 0 Å². The minimum absolute atomic E-state index is 1.24. The molecule has 0 spiro atoms. The number of benzene rings is 20. The SMILES string of the molecule is Cc1ccc(-c2cccc(-c3cccc(-c4ccccc4)c3)c2)c2ccccc12.Cc1ccc2cc(-c3c4ccccc4c(-c4ccccc4)c4ccccc34)ccc2c1.c1ccc(-c2c3ccccc3c(-c3ccc4cc(-c5cc6ccccc6c6ccccc56)ccc4c3)c3ccccc23)cc1. The highest BCUT2D eigenvalue weighted by Crippen LogP contribution is 2.47. The Balaban J connectivity index is 0.000000115. The highest BCUT2D eigenvalue weighted by Gasteiger charge is 2.20. The smallest absolute Gasteiger partial charge is 0.00262 e. The fourth-order valence-electron chi connectivity index (χ4n) is 16.2. The topological polar surface area (TPSA) is 0 Å². The molecule has 0 heteroatoms. The van der Waals surface area contributed by atoms with Crippen LogP contribution in [0.2, 0.25) is 0 Å². The third-order valence-corrected chi connectivity index (χ3v) is 21.1. The van der Waals surface area contributed by atoms with Crippen molar-refractivity contribution >= 4 is 97.0 Å². The minimum atomic E-state index is 1.24. The molecule has 0 saturated carbocycles. The molecular formula is C104H72. The monoisotopic (exact) mass is 1320 g/mol. The highest BCUT2D eigenvalue weighted by atomic mass is 14.2. The molecule has 20 aromatic carbocycles. The summed E-state index contributed by atoms with van der Waals surface area (Å²) < 4.78 is 0. The van der Waals surface area contributed by atoms with E-state index < -0.39 is 0 Å². The minimum Gasteiger partial charge on any atom is -0.0622 e. The first-order valence-electron chi connectivity index (χ1n) is 36.1. The Morgan fingerprint density at radius 1 is 0.135 bits per heavy atom. The normalized spacial score (nSPS) is 11.4. The fourth-order valence-corrected chi connectivity index (χ4v) is 16.2. The van der Waals surface area contributed by atoms with Gasteiger partial charge in [0.25, 0.3) is 0 Å². The molecule has 0 atom stereocenters. The lowest BCUT2D eigenvalue weighted by Crippen LogP contribution is -1.91. The van der Waals surface area contributed by atoms with Gasteiger partial charge >= 0.3 is 0 Å². The van der Waals surface area contributed by atoms with E-state index in [0.29, 0.717) is 0 Å². The Hall–Kier alpha value is -13.3. The molecule has 488 valence electrons. The molecule has 0 aliphatic rings. The van der Waals surface area contributed by atoms with Crippen molar-refractivity contribution in [2.75, 3.05) is 0 Å². The zero-order valence-electron chi connectivity index (χ0n) is 58.1.